The van der Waals surface area contributed by atoms with Crippen LogP contribution in [0.4, 0.5) is 5.95 Å². The van der Waals surface area contributed by atoms with E-state index in [-0.39, 0.29) is 6.04 Å². The minimum absolute atomic E-state index is 0.207. The maximum Gasteiger partial charge on any atom is 0.226 e. The summed E-state index contributed by atoms with van der Waals surface area (Å²) in [6, 6.07) is 14.1. The zero-order valence-corrected chi connectivity index (χ0v) is 17.1. The molecule has 4 aromatic rings. The molecule has 3 N–H and O–H groups in total. The van der Waals surface area contributed by atoms with Crippen molar-refractivity contribution >= 4 is 22.5 Å². The monoisotopic (exact) mass is 403 g/mol. The highest BCUT2D eigenvalue weighted by Crippen LogP contribution is 2.27. The highest BCUT2D eigenvalue weighted by Gasteiger charge is 2.19. The van der Waals surface area contributed by atoms with Gasteiger partial charge in [0.25, 0.3) is 0 Å². The average molecular weight is 403 g/mol. The zero-order chi connectivity index (χ0) is 20.5. The van der Waals surface area contributed by atoms with Gasteiger partial charge in [0.05, 0.1) is 18.7 Å². The first-order chi connectivity index (χ1) is 14.7. The largest absolute Gasteiger partial charge is 0.497 e. The molecular weight excluding hydrogens is 378 g/mol. The predicted molar refractivity (Wildman–Crippen MR) is 118 cm³/mol. The summed E-state index contributed by atoms with van der Waals surface area (Å²) in [5, 5.41) is 16.3. The highest BCUT2D eigenvalue weighted by molar-refractivity contribution is 5.95. The van der Waals surface area contributed by atoms with E-state index in [1.807, 2.05) is 40.9 Å². The van der Waals surface area contributed by atoms with Gasteiger partial charge in [0.2, 0.25) is 5.95 Å². The van der Waals surface area contributed by atoms with Crippen molar-refractivity contribution in [2.45, 2.75) is 13.0 Å². The van der Waals surface area contributed by atoms with E-state index in [1.54, 1.807) is 7.11 Å². The van der Waals surface area contributed by atoms with Gasteiger partial charge in [0, 0.05) is 37.1 Å². The Morgan fingerprint density at radius 3 is 2.53 bits per heavy atom. The van der Waals surface area contributed by atoms with Crippen LogP contribution in [0, 0.1) is 6.92 Å². The second kappa shape index (κ2) is 7.89. The Morgan fingerprint density at radius 1 is 1.03 bits per heavy atom. The van der Waals surface area contributed by atoms with Crippen LogP contribution >= 0.6 is 0 Å². The molecular formula is C22H25N7O. The van der Waals surface area contributed by atoms with E-state index < -0.39 is 0 Å². The molecule has 1 aliphatic rings. The number of hydrogen-bond acceptors (Lipinski definition) is 7. The fraction of sp³-hybridized carbons (Fsp3) is 0.318. The van der Waals surface area contributed by atoms with E-state index in [9.17, 15) is 0 Å². The summed E-state index contributed by atoms with van der Waals surface area (Å²) in [5.74, 6) is 2.17. The zero-order valence-electron chi connectivity index (χ0n) is 17.1. The molecule has 0 bridgehead atoms. The van der Waals surface area contributed by atoms with Gasteiger partial charge in [-0.25, -0.2) is 9.97 Å². The summed E-state index contributed by atoms with van der Waals surface area (Å²) in [4.78, 5) is 9.80. The van der Waals surface area contributed by atoms with Crippen molar-refractivity contribution in [3.8, 4) is 17.1 Å². The molecule has 1 aliphatic heterocycles. The van der Waals surface area contributed by atoms with Gasteiger partial charge in [-0.05, 0) is 42.8 Å². The second-order valence-corrected chi connectivity index (χ2v) is 7.55. The van der Waals surface area contributed by atoms with E-state index in [4.69, 9.17) is 19.8 Å². The van der Waals surface area contributed by atoms with Crippen LogP contribution in [0.15, 0.2) is 42.5 Å². The Labute approximate surface area is 174 Å². The molecule has 30 heavy (non-hydrogen) atoms. The minimum Gasteiger partial charge on any atom is -0.497 e. The number of hydrogen-bond donors (Lipinski definition) is 3. The van der Waals surface area contributed by atoms with Gasteiger partial charge < -0.3 is 20.7 Å². The highest BCUT2D eigenvalue weighted by atomic mass is 16.5. The van der Waals surface area contributed by atoms with E-state index in [1.165, 1.54) is 0 Å². The molecule has 8 nitrogen and oxygen atoms in total. The molecule has 0 radical (unpaired) electrons. The Kier molecular flexibility index (Phi) is 4.94. The molecule has 1 saturated heterocycles. The first kappa shape index (κ1) is 18.8. The van der Waals surface area contributed by atoms with Gasteiger partial charge in [-0.3, -0.25) is 0 Å². The van der Waals surface area contributed by atoms with Crippen LogP contribution in [0.5, 0.6) is 5.75 Å². The molecule has 0 amide bonds. The topological polar surface area (TPSA) is 88.4 Å². The molecule has 1 fully saturated rings. The first-order valence-corrected chi connectivity index (χ1v) is 10.2. The number of aryl methyl sites for hydroxylation is 1. The maximum absolute atomic E-state index is 5.27. The third kappa shape index (κ3) is 3.44. The molecule has 0 saturated carbocycles. The maximum atomic E-state index is 5.27. The summed E-state index contributed by atoms with van der Waals surface area (Å²) in [6.07, 6.45) is 0. The van der Waals surface area contributed by atoms with Crippen molar-refractivity contribution in [3.05, 3.63) is 48.0 Å². The Morgan fingerprint density at radius 2 is 1.80 bits per heavy atom. The first-order valence-electron chi connectivity index (χ1n) is 10.2. The summed E-state index contributed by atoms with van der Waals surface area (Å²) in [6.45, 7) is 5.73. The molecule has 0 spiro atoms. The molecule has 0 unspecified atom stereocenters. The molecule has 154 valence electrons. The number of ether oxygens (including phenoxy) is 1. The molecule has 0 aliphatic carbocycles. The van der Waals surface area contributed by atoms with Crippen LogP contribution in [0.2, 0.25) is 0 Å². The van der Waals surface area contributed by atoms with Crippen molar-refractivity contribution in [1.82, 2.24) is 30.2 Å². The van der Waals surface area contributed by atoms with Crippen LogP contribution in [-0.2, 0) is 0 Å². The van der Waals surface area contributed by atoms with Crippen molar-refractivity contribution in [1.29, 1.82) is 0 Å². The van der Waals surface area contributed by atoms with E-state index in [2.05, 4.69) is 28.9 Å². The summed E-state index contributed by atoms with van der Waals surface area (Å²) < 4.78 is 7.11. The fourth-order valence-electron chi connectivity index (χ4n) is 3.86. The lowest BCUT2D eigenvalue weighted by molar-refractivity contribution is 0.415. The smallest absolute Gasteiger partial charge is 0.226 e. The number of anilines is 1. The van der Waals surface area contributed by atoms with Crippen LogP contribution < -0.4 is 20.7 Å². The number of nitrogens with one attached hydrogen (secondary N) is 3. The lowest BCUT2D eigenvalue weighted by Crippen LogP contribution is -2.37. The number of aromatic nitrogens is 4. The second-order valence-electron chi connectivity index (χ2n) is 7.55. The standard InChI is InChI=1S/C22H25N7O/c1-14-4-3-5-18-19(14)21-27-20(15-6-8-17(30-2)9-7-15)28-29(21)22(26-18)25-16-12-23-10-11-24-13-16/h3-9,16,23-24H,10-13H2,1-2H3,(H,25,26). The number of methoxy groups -OCH3 is 1. The Bertz CT molecular complexity index is 1180. The SMILES string of the molecule is COc1ccc(-c2nc3c4c(C)cccc4nc(NC4CNCCNC4)n3n2)cc1. The van der Waals surface area contributed by atoms with Crippen molar-refractivity contribution in [3.63, 3.8) is 0 Å². The van der Waals surface area contributed by atoms with Gasteiger partial charge >= 0.3 is 0 Å². The number of rotatable bonds is 4. The number of benzene rings is 2. The molecule has 5 rings (SSSR count). The Balaban J connectivity index is 1.65. The van der Waals surface area contributed by atoms with Gasteiger partial charge in [-0.1, -0.05) is 12.1 Å². The molecule has 3 heterocycles. The Hall–Kier alpha value is -3.23. The van der Waals surface area contributed by atoms with Gasteiger partial charge in [0.1, 0.15) is 5.75 Å². The lowest BCUT2D eigenvalue weighted by atomic mass is 10.1. The summed E-state index contributed by atoms with van der Waals surface area (Å²) in [7, 11) is 1.66. The van der Waals surface area contributed by atoms with Crippen molar-refractivity contribution < 1.29 is 4.74 Å². The molecule has 0 atom stereocenters. The normalized spacial score (nSPS) is 15.4. The van der Waals surface area contributed by atoms with Crippen LogP contribution in [-0.4, -0.2) is 58.9 Å². The van der Waals surface area contributed by atoms with E-state index >= 15 is 0 Å². The van der Waals surface area contributed by atoms with Gasteiger partial charge in [-0.15, -0.1) is 5.10 Å². The lowest BCUT2D eigenvalue weighted by Gasteiger charge is -2.18. The van der Waals surface area contributed by atoms with Gasteiger partial charge in [-0.2, -0.15) is 4.52 Å². The number of nitrogens with zero attached hydrogens (tertiary/aromatic N) is 4. The summed E-state index contributed by atoms with van der Waals surface area (Å²) in [5.41, 5.74) is 3.78. The fourth-order valence-corrected chi connectivity index (χ4v) is 3.86. The number of fused-ring (bicyclic) bond motifs is 3. The third-order valence-corrected chi connectivity index (χ3v) is 5.45. The molecule has 2 aromatic carbocycles. The third-order valence-electron chi connectivity index (χ3n) is 5.45. The van der Waals surface area contributed by atoms with E-state index in [0.717, 1.165) is 59.6 Å². The van der Waals surface area contributed by atoms with Gasteiger partial charge in [0.15, 0.2) is 11.5 Å². The van der Waals surface area contributed by atoms with Crippen molar-refractivity contribution in [2.24, 2.45) is 0 Å². The minimum atomic E-state index is 0.207. The molecule has 2 aromatic heterocycles. The van der Waals surface area contributed by atoms with Crippen LogP contribution in [0.3, 0.4) is 0 Å². The average Bonchev–Trinajstić information content (AvgIpc) is 3.05. The van der Waals surface area contributed by atoms with Crippen LogP contribution in [0.1, 0.15) is 5.56 Å². The van der Waals surface area contributed by atoms with Crippen LogP contribution in [0.25, 0.3) is 27.9 Å². The summed E-state index contributed by atoms with van der Waals surface area (Å²) >= 11 is 0. The van der Waals surface area contributed by atoms with Crippen molar-refractivity contribution in [2.75, 3.05) is 38.6 Å². The predicted octanol–water partition coefficient (Wildman–Crippen LogP) is 2.23. The molecule has 8 heteroatoms. The van der Waals surface area contributed by atoms with E-state index in [0.29, 0.717) is 11.8 Å². The quantitative estimate of drug-likeness (QED) is 0.482.